The Kier molecular flexibility index (Phi) is 4.68. The van der Waals surface area contributed by atoms with Gasteiger partial charge in [-0.1, -0.05) is 6.92 Å². The lowest BCUT2D eigenvalue weighted by Crippen LogP contribution is -2.54. The van der Waals surface area contributed by atoms with Crippen LogP contribution in [0, 0.1) is 5.92 Å². The van der Waals surface area contributed by atoms with Crippen molar-refractivity contribution in [1.82, 2.24) is 10.2 Å². The highest BCUT2D eigenvalue weighted by Gasteiger charge is 2.41. The largest absolute Gasteiger partial charge is 0.396 e. The molecule has 2 rings (SSSR count). The number of carbonyl (C=O) groups is 2. The Morgan fingerprint density at radius 1 is 1.35 bits per heavy atom. The van der Waals surface area contributed by atoms with Crippen LogP contribution < -0.4 is 5.32 Å². The first-order chi connectivity index (χ1) is 9.50. The molecule has 5 heteroatoms. The van der Waals surface area contributed by atoms with Crippen LogP contribution in [0.4, 0.5) is 0 Å². The molecule has 1 aliphatic carbocycles. The molecule has 2 amide bonds. The second kappa shape index (κ2) is 6.12. The molecule has 0 aromatic heterocycles. The van der Waals surface area contributed by atoms with E-state index >= 15 is 0 Å². The van der Waals surface area contributed by atoms with E-state index in [-0.39, 0.29) is 35.9 Å². The molecule has 1 aliphatic heterocycles. The Balaban J connectivity index is 1.98. The lowest BCUT2D eigenvalue weighted by Gasteiger charge is -2.32. The fourth-order valence-corrected chi connectivity index (χ4v) is 2.82. The highest BCUT2D eigenvalue weighted by atomic mass is 16.3. The fraction of sp³-hybridized carbons (Fsp3) is 0.867. The molecule has 0 aromatic carbocycles. The van der Waals surface area contributed by atoms with Crippen molar-refractivity contribution < 1.29 is 14.7 Å². The summed E-state index contributed by atoms with van der Waals surface area (Å²) >= 11 is 0. The highest BCUT2D eigenvalue weighted by molar-refractivity contribution is 5.90. The van der Waals surface area contributed by atoms with Crippen molar-refractivity contribution in [1.29, 1.82) is 0 Å². The number of aliphatic hydroxyl groups is 1. The average Bonchev–Trinajstić information content (AvgIpc) is 3.14. The smallest absolute Gasteiger partial charge is 0.243 e. The summed E-state index contributed by atoms with van der Waals surface area (Å²) in [7, 11) is 0. The zero-order chi connectivity index (χ0) is 14.8. The normalized spacial score (nSPS) is 25.4. The van der Waals surface area contributed by atoms with Crippen molar-refractivity contribution in [3.63, 3.8) is 0 Å². The van der Waals surface area contributed by atoms with Crippen LogP contribution >= 0.6 is 0 Å². The van der Waals surface area contributed by atoms with E-state index in [0.717, 1.165) is 32.1 Å². The van der Waals surface area contributed by atoms with Crippen LogP contribution in [-0.2, 0) is 9.59 Å². The molecule has 0 spiro atoms. The molecular weight excluding hydrogens is 256 g/mol. The highest BCUT2D eigenvalue weighted by Crippen LogP contribution is 2.33. The molecule has 2 N–H and O–H groups in total. The van der Waals surface area contributed by atoms with Gasteiger partial charge in [-0.25, -0.2) is 0 Å². The van der Waals surface area contributed by atoms with Gasteiger partial charge >= 0.3 is 0 Å². The summed E-state index contributed by atoms with van der Waals surface area (Å²) in [6.45, 7) is 4.71. The summed E-state index contributed by atoms with van der Waals surface area (Å²) in [6, 6.07) is -0.312. The van der Waals surface area contributed by atoms with E-state index in [2.05, 4.69) is 5.32 Å². The van der Waals surface area contributed by atoms with Crippen LogP contribution in [0.25, 0.3) is 0 Å². The van der Waals surface area contributed by atoms with E-state index in [9.17, 15) is 9.59 Å². The quantitative estimate of drug-likeness (QED) is 0.765. The van der Waals surface area contributed by atoms with Crippen molar-refractivity contribution in [2.45, 2.75) is 64.0 Å². The minimum atomic E-state index is -0.386. The van der Waals surface area contributed by atoms with Gasteiger partial charge in [-0.2, -0.15) is 0 Å². The van der Waals surface area contributed by atoms with Crippen molar-refractivity contribution in [3.05, 3.63) is 0 Å². The number of nitrogens with one attached hydrogen (secondary N) is 1. The number of nitrogens with zero attached hydrogens (tertiary/aromatic N) is 1. The van der Waals surface area contributed by atoms with Crippen molar-refractivity contribution in [2.24, 2.45) is 5.92 Å². The zero-order valence-electron chi connectivity index (χ0n) is 12.5. The summed E-state index contributed by atoms with van der Waals surface area (Å²) < 4.78 is 0. The van der Waals surface area contributed by atoms with Gasteiger partial charge in [-0.05, 0) is 45.4 Å². The van der Waals surface area contributed by atoms with Crippen LogP contribution in [0.5, 0.6) is 0 Å². The molecule has 0 radical (unpaired) electrons. The molecule has 2 atom stereocenters. The standard InChI is InChI=1S/C15H26N2O3/c1-3-15(2,8-10-18)16-13(19)12-5-4-9-17(12)14(20)11-6-7-11/h11-12,18H,3-10H2,1-2H3,(H,16,19). The molecule has 114 valence electrons. The number of carbonyl (C=O) groups excluding carboxylic acids is 2. The summed E-state index contributed by atoms with van der Waals surface area (Å²) in [5, 5.41) is 12.2. The van der Waals surface area contributed by atoms with Gasteiger partial charge < -0.3 is 15.3 Å². The Morgan fingerprint density at radius 2 is 2.05 bits per heavy atom. The monoisotopic (exact) mass is 282 g/mol. The van der Waals surface area contributed by atoms with Gasteiger partial charge in [0.25, 0.3) is 0 Å². The molecule has 1 heterocycles. The van der Waals surface area contributed by atoms with E-state index < -0.39 is 0 Å². The Morgan fingerprint density at radius 3 is 2.60 bits per heavy atom. The van der Waals surface area contributed by atoms with Gasteiger partial charge in [-0.15, -0.1) is 0 Å². The number of hydrogen-bond donors (Lipinski definition) is 2. The van der Waals surface area contributed by atoms with E-state index in [1.807, 2.05) is 13.8 Å². The predicted octanol–water partition coefficient (Wildman–Crippen LogP) is 1.05. The topological polar surface area (TPSA) is 69.6 Å². The van der Waals surface area contributed by atoms with Gasteiger partial charge in [0.2, 0.25) is 11.8 Å². The zero-order valence-corrected chi connectivity index (χ0v) is 12.5. The van der Waals surface area contributed by atoms with Crippen LogP contribution in [0.1, 0.15) is 52.4 Å². The molecular formula is C15H26N2O3. The van der Waals surface area contributed by atoms with Gasteiger partial charge in [-0.3, -0.25) is 9.59 Å². The molecule has 2 unspecified atom stereocenters. The fourth-order valence-electron chi connectivity index (χ4n) is 2.82. The average molecular weight is 282 g/mol. The third-order valence-electron chi connectivity index (χ3n) is 4.63. The van der Waals surface area contributed by atoms with Gasteiger partial charge in [0.1, 0.15) is 6.04 Å². The first-order valence-corrected chi connectivity index (χ1v) is 7.74. The molecule has 5 nitrogen and oxygen atoms in total. The lowest BCUT2D eigenvalue weighted by molar-refractivity contribution is -0.140. The van der Waals surface area contributed by atoms with Crippen LogP contribution in [-0.4, -0.2) is 46.6 Å². The van der Waals surface area contributed by atoms with E-state index in [4.69, 9.17) is 5.11 Å². The maximum Gasteiger partial charge on any atom is 0.243 e. The Labute approximate surface area is 120 Å². The van der Waals surface area contributed by atoms with E-state index in [1.165, 1.54) is 0 Å². The van der Waals surface area contributed by atoms with E-state index in [0.29, 0.717) is 13.0 Å². The minimum Gasteiger partial charge on any atom is -0.396 e. The third-order valence-corrected chi connectivity index (χ3v) is 4.63. The van der Waals surface area contributed by atoms with Crippen molar-refractivity contribution in [3.8, 4) is 0 Å². The number of rotatable bonds is 6. The van der Waals surface area contributed by atoms with Crippen molar-refractivity contribution >= 4 is 11.8 Å². The number of likely N-dealkylation sites (tertiary alicyclic amines) is 1. The molecule has 20 heavy (non-hydrogen) atoms. The molecule has 0 bridgehead atoms. The molecule has 1 saturated heterocycles. The molecule has 2 fully saturated rings. The summed E-state index contributed by atoms with van der Waals surface area (Å²) in [6.07, 6.45) is 4.91. The molecule has 1 saturated carbocycles. The summed E-state index contributed by atoms with van der Waals surface area (Å²) in [5.74, 6) is 0.260. The lowest BCUT2D eigenvalue weighted by atomic mass is 9.94. The molecule has 0 aromatic rings. The SMILES string of the molecule is CCC(C)(CCO)NC(=O)C1CCCN1C(=O)C1CC1. The predicted molar refractivity (Wildman–Crippen MR) is 76.0 cm³/mol. The maximum atomic E-state index is 12.5. The van der Waals surface area contributed by atoms with Crippen LogP contribution in [0.15, 0.2) is 0 Å². The number of amides is 2. The van der Waals surface area contributed by atoms with Crippen LogP contribution in [0.2, 0.25) is 0 Å². The first kappa shape index (κ1) is 15.3. The maximum absolute atomic E-state index is 12.5. The summed E-state index contributed by atoms with van der Waals surface area (Å²) in [5.41, 5.74) is -0.386. The molecule has 2 aliphatic rings. The summed E-state index contributed by atoms with van der Waals surface area (Å²) in [4.78, 5) is 26.4. The number of aliphatic hydroxyl groups excluding tert-OH is 1. The van der Waals surface area contributed by atoms with Gasteiger partial charge in [0, 0.05) is 24.6 Å². The first-order valence-electron chi connectivity index (χ1n) is 7.74. The Hall–Kier alpha value is -1.10. The third kappa shape index (κ3) is 3.32. The van der Waals surface area contributed by atoms with Gasteiger partial charge in [0.05, 0.1) is 0 Å². The van der Waals surface area contributed by atoms with Crippen molar-refractivity contribution in [2.75, 3.05) is 13.2 Å². The minimum absolute atomic E-state index is 0.0556. The van der Waals surface area contributed by atoms with Gasteiger partial charge in [0.15, 0.2) is 0 Å². The second-order valence-corrected chi connectivity index (χ2v) is 6.34. The Bertz CT molecular complexity index is 381. The van der Waals surface area contributed by atoms with E-state index in [1.54, 1.807) is 4.90 Å². The number of hydrogen-bond acceptors (Lipinski definition) is 3. The van der Waals surface area contributed by atoms with Crippen LogP contribution in [0.3, 0.4) is 0 Å². The second-order valence-electron chi connectivity index (χ2n) is 6.34.